The minimum Gasteiger partial charge on any atom is -0.491 e. The Morgan fingerprint density at radius 1 is 1.09 bits per heavy atom. The third-order valence-electron chi connectivity index (χ3n) is 3.79. The summed E-state index contributed by atoms with van der Waals surface area (Å²) in [4.78, 5) is 1.27. The van der Waals surface area contributed by atoms with Crippen LogP contribution in [0.2, 0.25) is 0 Å². The fourth-order valence-electron chi connectivity index (χ4n) is 2.46. The van der Waals surface area contributed by atoms with Crippen molar-refractivity contribution in [3.05, 3.63) is 64.9 Å². The highest BCUT2D eigenvalue weighted by molar-refractivity contribution is 7.10. The van der Waals surface area contributed by atoms with Gasteiger partial charge >= 0.3 is 0 Å². The van der Waals surface area contributed by atoms with E-state index < -0.39 is 6.10 Å². The average molecular weight is 327 g/mol. The van der Waals surface area contributed by atoms with Crippen LogP contribution in [0.5, 0.6) is 5.75 Å². The summed E-state index contributed by atoms with van der Waals surface area (Å²) in [6, 6.07) is 18.5. The monoisotopic (exact) mass is 327 g/mol. The average Bonchev–Trinajstić information content (AvgIpc) is 3.12. The molecular weight excluding hydrogens is 306 g/mol. The van der Waals surface area contributed by atoms with Crippen molar-refractivity contribution in [3.63, 3.8) is 0 Å². The third kappa shape index (κ3) is 4.32. The molecule has 3 nitrogen and oxygen atoms in total. The van der Waals surface area contributed by atoms with Crippen LogP contribution in [-0.2, 0) is 0 Å². The molecular formula is C19H21NO2S. The van der Waals surface area contributed by atoms with Gasteiger partial charge in [-0.05, 0) is 41.3 Å². The fraction of sp³-hybridized carbons (Fsp3) is 0.263. The van der Waals surface area contributed by atoms with E-state index >= 15 is 0 Å². The van der Waals surface area contributed by atoms with E-state index in [1.165, 1.54) is 10.3 Å². The summed E-state index contributed by atoms with van der Waals surface area (Å²) in [5, 5.41) is 17.8. The molecule has 0 amide bonds. The number of nitrogens with one attached hydrogen (secondary N) is 1. The van der Waals surface area contributed by atoms with Gasteiger partial charge in [-0.25, -0.2) is 0 Å². The van der Waals surface area contributed by atoms with E-state index in [0.717, 1.165) is 11.1 Å². The van der Waals surface area contributed by atoms with Gasteiger partial charge < -0.3 is 15.2 Å². The molecule has 3 rings (SSSR count). The molecule has 2 aromatic carbocycles. The van der Waals surface area contributed by atoms with Gasteiger partial charge in [0.2, 0.25) is 0 Å². The Hall–Kier alpha value is -1.88. The maximum absolute atomic E-state index is 10.1. The highest BCUT2D eigenvalue weighted by atomic mass is 32.1. The predicted octanol–water partition coefficient (Wildman–Crippen LogP) is 3.99. The quantitative estimate of drug-likeness (QED) is 0.689. The second-order valence-electron chi connectivity index (χ2n) is 5.62. The van der Waals surface area contributed by atoms with Gasteiger partial charge in [0.1, 0.15) is 18.5 Å². The van der Waals surface area contributed by atoms with Gasteiger partial charge in [0.05, 0.1) is 0 Å². The van der Waals surface area contributed by atoms with Crippen LogP contribution in [0.3, 0.4) is 0 Å². The number of hydrogen-bond donors (Lipinski definition) is 2. The lowest BCUT2D eigenvalue weighted by Crippen LogP contribution is -2.32. The number of aliphatic hydroxyl groups is 1. The molecule has 2 atom stereocenters. The highest BCUT2D eigenvalue weighted by Gasteiger charge is 2.10. The number of ether oxygens (including phenoxy) is 1. The number of fused-ring (bicyclic) bond motifs is 1. The molecule has 0 spiro atoms. The van der Waals surface area contributed by atoms with Gasteiger partial charge in [0.15, 0.2) is 0 Å². The van der Waals surface area contributed by atoms with E-state index in [4.69, 9.17) is 4.74 Å². The standard InChI is InChI=1S/C19H21NO2S/c1-14(19-7-4-10-23-19)20-12-17(21)13-22-18-9-8-15-5-2-3-6-16(15)11-18/h2-11,14,17,20-21H,12-13H2,1H3. The molecule has 0 radical (unpaired) electrons. The SMILES string of the molecule is CC(NCC(O)COc1ccc2ccccc2c1)c1cccs1. The minimum absolute atomic E-state index is 0.241. The highest BCUT2D eigenvalue weighted by Crippen LogP contribution is 2.21. The van der Waals surface area contributed by atoms with Crippen molar-refractivity contribution >= 4 is 22.1 Å². The van der Waals surface area contributed by atoms with E-state index in [2.05, 4.69) is 35.8 Å². The lowest BCUT2D eigenvalue weighted by atomic mass is 10.1. The van der Waals surface area contributed by atoms with Crippen molar-refractivity contribution in [2.24, 2.45) is 0 Å². The number of thiophene rings is 1. The molecule has 0 aliphatic carbocycles. The number of aliphatic hydroxyl groups excluding tert-OH is 1. The Kier molecular flexibility index (Phi) is 5.28. The Labute approximate surface area is 140 Å². The first-order valence-corrected chi connectivity index (χ1v) is 8.67. The molecule has 120 valence electrons. The van der Waals surface area contributed by atoms with Crippen molar-refractivity contribution in [1.82, 2.24) is 5.32 Å². The zero-order valence-corrected chi connectivity index (χ0v) is 13.9. The van der Waals surface area contributed by atoms with E-state index in [0.29, 0.717) is 6.54 Å². The smallest absolute Gasteiger partial charge is 0.120 e. The molecule has 1 heterocycles. The third-order valence-corrected chi connectivity index (χ3v) is 4.85. The fourth-order valence-corrected chi connectivity index (χ4v) is 3.22. The summed E-state index contributed by atoms with van der Waals surface area (Å²) in [6.07, 6.45) is -0.538. The van der Waals surface area contributed by atoms with Crippen LogP contribution in [0, 0.1) is 0 Å². The summed E-state index contributed by atoms with van der Waals surface area (Å²) in [5.74, 6) is 0.786. The van der Waals surface area contributed by atoms with Gasteiger partial charge in [-0.2, -0.15) is 0 Å². The molecule has 2 N–H and O–H groups in total. The van der Waals surface area contributed by atoms with Gasteiger partial charge in [-0.15, -0.1) is 11.3 Å². The Bertz CT molecular complexity index is 742. The van der Waals surface area contributed by atoms with E-state index in [1.54, 1.807) is 11.3 Å². The minimum atomic E-state index is -0.538. The van der Waals surface area contributed by atoms with Crippen molar-refractivity contribution in [3.8, 4) is 5.75 Å². The van der Waals surface area contributed by atoms with Crippen molar-refractivity contribution in [2.45, 2.75) is 19.1 Å². The first kappa shape index (κ1) is 16.0. The lowest BCUT2D eigenvalue weighted by Gasteiger charge is -2.17. The molecule has 4 heteroatoms. The molecule has 3 aromatic rings. The second-order valence-corrected chi connectivity index (χ2v) is 6.60. The topological polar surface area (TPSA) is 41.5 Å². The summed E-state index contributed by atoms with van der Waals surface area (Å²) in [5.41, 5.74) is 0. The summed E-state index contributed by atoms with van der Waals surface area (Å²) in [7, 11) is 0. The van der Waals surface area contributed by atoms with Gasteiger partial charge in [-0.1, -0.05) is 36.4 Å². The lowest BCUT2D eigenvalue weighted by molar-refractivity contribution is 0.104. The van der Waals surface area contributed by atoms with Crippen LogP contribution in [0.25, 0.3) is 10.8 Å². The largest absolute Gasteiger partial charge is 0.491 e. The van der Waals surface area contributed by atoms with Crippen molar-refractivity contribution < 1.29 is 9.84 Å². The molecule has 0 fully saturated rings. The summed E-state index contributed by atoms with van der Waals surface area (Å²) < 4.78 is 5.71. The van der Waals surface area contributed by atoms with Crippen molar-refractivity contribution in [2.75, 3.05) is 13.2 Å². The van der Waals surface area contributed by atoms with E-state index in [9.17, 15) is 5.11 Å². The predicted molar refractivity (Wildman–Crippen MR) is 96.2 cm³/mol. The van der Waals surface area contributed by atoms with Gasteiger partial charge in [0, 0.05) is 17.5 Å². The van der Waals surface area contributed by atoms with Crippen LogP contribution < -0.4 is 10.1 Å². The Balaban J connectivity index is 1.48. The van der Waals surface area contributed by atoms with Gasteiger partial charge in [0.25, 0.3) is 0 Å². The number of rotatable bonds is 7. The molecule has 23 heavy (non-hydrogen) atoms. The first-order valence-electron chi connectivity index (χ1n) is 7.79. The van der Waals surface area contributed by atoms with Crippen molar-refractivity contribution in [1.29, 1.82) is 0 Å². The zero-order chi connectivity index (χ0) is 16.1. The van der Waals surface area contributed by atoms with Crippen LogP contribution in [-0.4, -0.2) is 24.4 Å². The maximum Gasteiger partial charge on any atom is 0.120 e. The molecule has 0 aliphatic rings. The molecule has 0 saturated heterocycles. The second kappa shape index (κ2) is 7.59. The summed E-state index contributed by atoms with van der Waals surface area (Å²) >= 11 is 1.72. The molecule has 0 bridgehead atoms. The van der Waals surface area contributed by atoms with Crippen LogP contribution in [0.4, 0.5) is 0 Å². The van der Waals surface area contributed by atoms with Gasteiger partial charge in [-0.3, -0.25) is 0 Å². The molecule has 1 aromatic heterocycles. The number of hydrogen-bond acceptors (Lipinski definition) is 4. The zero-order valence-electron chi connectivity index (χ0n) is 13.1. The van der Waals surface area contributed by atoms with E-state index in [-0.39, 0.29) is 12.6 Å². The Morgan fingerprint density at radius 3 is 2.70 bits per heavy atom. The first-order chi connectivity index (χ1) is 11.2. The van der Waals surface area contributed by atoms with E-state index in [1.807, 2.05) is 36.4 Å². The molecule has 2 unspecified atom stereocenters. The normalized spacial score (nSPS) is 13.8. The van der Waals surface area contributed by atoms with Crippen LogP contribution >= 0.6 is 11.3 Å². The molecule has 0 aliphatic heterocycles. The summed E-state index contributed by atoms with van der Waals surface area (Å²) in [6.45, 7) is 2.89. The maximum atomic E-state index is 10.1. The van der Waals surface area contributed by atoms with Crippen LogP contribution in [0.15, 0.2) is 60.0 Å². The Morgan fingerprint density at radius 2 is 1.91 bits per heavy atom. The number of benzene rings is 2. The van der Waals surface area contributed by atoms with Crippen LogP contribution in [0.1, 0.15) is 17.8 Å². The molecule has 0 saturated carbocycles.